The van der Waals surface area contributed by atoms with Crippen LogP contribution in [-0.2, 0) is 10.0 Å². The van der Waals surface area contributed by atoms with Crippen molar-refractivity contribution in [2.75, 3.05) is 59.1 Å². The van der Waals surface area contributed by atoms with Crippen LogP contribution in [0.15, 0.2) is 4.99 Å². The Balaban J connectivity index is 1.70. The fourth-order valence-electron chi connectivity index (χ4n) is 3.42. The summed E-state index contributed by atoms with van der Waals surface area (Å²) in [6.07, 6.45) is 6.44. The van der Waals surface area contributed by atoms with Gasteiger partial charge in [0.1, 0.15) is 0 Å². The van der Waals surface area contributed by atoms with Crippen molar-refractivity contribution < 1.29 is 8.42 Å². The van der Waals surface area contributed by atoms with Crippen molar-refractivity contribution >= 4 is 16.0 Å². The summed E-state index contributed by atoms with van der Waals surface area (Å²) < 4.78 is 24.6. The average molecular weight is 346 g/mol. The quantitative estimate of drug-likeness (QED) is 0.400. The van der Waals surface area contributed by atoms with Gasteiger partial charge in [-0.1, -0.05) is 6.42 Å². The summed E-state index contributed by atoms with van der Waals surface area (Å²) in [5.74, 6) is 1.59. The Bertz CT molecular complexity index is 488. The van der Waals surface area contributed by atoms with E-state index in [1.54, 1.807) is 7.05 Å². The van der Waals surface area contributed by atoms with Crippen molar-refractivity contribution in [1.29, 1.82) is 0 Å². The van der Waals surface area contributed by atoms with Crippen LogP contribution in [0, 0.1) is 5.92 Å². The first kappa shape index (κ1) is 18.5. The number of guanidine groups is 1. The zero-order valence-electron chi connectivity index (χ0n) is 14.4. The van der Waals surface area contributed by atoms with Crippen molar-refractivity contribution in [2.45, 2.75) is 25.7 Å². The summed E-state index contributed by atoms with van der Waals surface area (Å²) in [4.78, 5) is 9.21. The molecule has 0 bridgehead atoms. The zero-order valence-corrected chi connectivity index (χ0v) is 15.2. The van der Waals surface area contributed by atoms with Crippen LogP contribution in [0.5, 0.6) is 0 Å². The third-order valence-corrected chi connectivity index (χ3v) is 5.26. The third kappa shape index (κ3) is 6.64. The molecule has 0 amide bonds. The highest BCUT2D eigenvalue weighted by molar-refractivity contribution is 7.88. The maximum absolute atomic E-state index is 11.0. The van der Waals surface area contributed by atoms with Gasteiger partial charge in [-0.2, -0.15) is 0 Å². The van der Waals surface area contributed by atoms with E-state index in [1.165, 1.54) is 51.6 Å². The molecule has 2 aliphatic rings. The van der Waals surface area contributed by atoms with Gasteiger partial charge in [-0.25, -0.2) is 13.1 Å². The second-order valence-electron chi connectivity index (χ2n) is 6.60. The van der Waals surface area contributed by atoms with Crippen LogP contribution < -0.4 is 10.0 Å². The van der Waals surface area contributed by atoms with Crippen molar-refractivity contribution in [1.82, 2.24) is 19.8 Å². The maximum Gasteiger partial charge on any atom is 0.208 e. The summed E-state index contributed by atoms with van der Waals surface area (Å²) in [5, 5.41) is 3.24. The van der Waals surface area contributed by atoms with E-state index in [9.17, 15) is 8.42 Å². The molecule has 0 aromatic carbocycles. The highest BCUT2D eigenvalue weighted by Gasteiger charge is 2.26. The fraction of sp³-hybridized carbons (Fsp3) is 0.933. The van der Waals surface area contributed by atoms with E-state index in [1.807, 2.05) is 0 Å². The summed E-state index contributed by atoms with van der Waals surface area (Å²) in [5.41, 5.74) is 0. The summed E-state index contributed by atoms with van der Waals surface area (Å²) in [6, 6.07) is 0. The molecule has 2 rings (SSSR count). The van der Waals surface area contributed by atoms with E-state index < -0.39 is 10.0 Å². The van der Waals surface area contributed by atoms with Crippen molar-refractivity contribution in [3.8, 4) is 0 Å². The number of piperidine rings is 1. The standard InChI is InChI=1S/C15H31N5O2S/c1-16-15(17-7-8-18-23(2,21)22)20-11-6-14(13-20)12-19-9-4-3-5-10-19/h14,18H,3-13H2,1-2H3,(H,16,17). The Morgan fingerprint density at radius 2 is 1.91 bits per heavy atom. The minimum absolute atomic E-state index is 0.378. The number of nitrogens with one attached hydrogen (secondary N) is 2. The lowest BCUT2D eigenvalue weighted by atomic mass is 10.1. The molecule has 0 spiro atoms. The van der Waals surface area contributed by atoms with Gasteiger partial charge in [0.05, 0.1) is 6.26 Å². The molecule has 1 atom stereocenters. The Kier molecular flexibility index (Phi) is 7.10. The molecule has 0 aromatic heterocycles. The van der Waals surface area contributed by atoms with E-state index in [-0.39, 0.29) is 0 Å². The number of sulfonamides is 1. The normalized spacial score (nSPS) is 24.2. The smallest absolute Gasteiger partial charge is 0.208 e. The zero-order chi connectivity index (χ0) is 16.7. The number of nitrogens with zero attached hydrogens (tertiary/aromatic N) is 3. The number of aliphatic imine (C=N–C) groups is 1. The average Bonchev–Trinajstić information content (AvgIpc) is 2.95. The van der Waals surface area contributed by atoms with Gasteiger partial charge < -0.3 is 15.1 Å². The maximum atomic E-state index is 11.0. The van der Waals surface area contributed by atoms with Gasteiger partial charge in [0.25, 0.3) is 0 Å². The lowest BCUT2D eigenvalue weighted by molar-refractivity contribution is 0.198. The number of rotatable bonds is 6. The molecule has 2 saturated heterocycles. The molecule has 23 heavy (non-hydrogen) atoms. The second-order valence-corrected chi connectivity index (χ2v) is 8.44. The van der Waals surface area contributed by atoms with Crippen LogP contribution in [0.3, 0.4) is 0 Å². The molecular formula is C15H31N5O2S. The highest BCUT2D eigenvalue weighted by Crippen LogP contribution is 2.19. The van der Waals surface area contributed by atoms with Crippen LogP contribution in [0.4, 0.5) is 0 Å². The Morgan fingerprint density at radius 1 is 1.17 bits per heavy atom. The molecule has 2 fully saturated rings. The third-order valence-electron chi connectivity index (χ3n) is 4.53. The van der Waals surface area contributed by atoms with Crippen LogP contribution in [-0.4, -0.2) is 83.3 Å². The SMILES string of the molecule is CN=C(NCCNS(C)(=O)=O)N1CCC(CN2CCCCC2)C1. The van der Waals surface area contributed by atoms with Gasteiger partial charge in [-0.05, 0) is 38.3 Å². The molecule has 0 aromatic rings. The Labute approximate surface area is 140 Å². The Morgan fingerprint density at radius 3 is 2.57 bits per heavy atom. The monoisotopic (exact) mass is 345 g/mol. The first-order valence-electron chi connectivity index (χ1n) is 8.60. The van der Waals surface area contributed by atoms with Gasteiger partial charge in [0.2, 0.25) is 10.0 Å². The van der Waals surface area contributed by atoms with Crippen LogP contribution >= 0.6 is 0 Å². The predicted molar refractivity (Wildman–Crippen MR) is 94.2 cm³/mol. The van der Waals surface area contributed by atoms with E-state index in [4.69, 9.17) is 0 Å². The number of likely N-dealkylation sites (tertiary alicyclic amines) is 2. The van der Waals surface area contributed by atoms with Gasteiger partial charge >= 0.3 is 0 Å². The predicted octanol–water partition coefficient (Wildman–Crippen LogP) is -0.0812. The van der Waals surface area contributed by atoms with Gasteiger partial charge in [-0.15, -0.1) is 0 Å². The lowest BCUT2D eigenvalue weighted by Crippen LogP contribution is -2.43. The first-order chi connectivity index (χ1) is 11.0. The molecule has 2 heterocycles. The van der Waals surface area contributed by atoms with E-state index >= 15 is 0 Å². The van der Waals surface area contributed by atoms with E-state index in [0.717, 1.165) is 19.0 Å². The van der Waals surface area contributed by atoms with Gasteiger partial charge in [-0.3, -0.25) is 4.99 Å². The number of hydrogen-bond donors (Lipinski definition) is 2. The Hall–Kier alpha value is -0.860. The molecule has 0 radical (unpaired) electrons. The molecule has 0 aliphatic carbocycles. The minimum Gasteiger partial charge on any atom is -0.355 e. The number of hydrogen-bond acceptors (Lipinski definition) is 4. The van der Waals surface area contributed by atoms with Gasteiger partial charge in [0.15, 0.2) is 5.96 Å². The summed E-state index contributed by atoms with van der Waals surface area (Å²) in [6.45, 7) is 6.69. The largest absolute Gasteiger partial charge is 0.355 e. The topological polar surface area (TPSA) is 77.0 Å². The molecule has 2 N–H and O–H groups in total. The minimum atomic E-state index is -3.12. The molecular weight excluding hydrogens is 314 g/mol. The van der Waals surface area contributed by atoms with Crippen LogP contribution in [0.25, 0.3) is 0 Å². The molecule has 134 valence electrons. The highest BCUT2D eigenvalue weighted by atomic mass is 32.2. The molecule has 8 heteroatoms. The molecule has 0 saturated carbocycles. The van der Waals surface area contributed by atoms with Crippen LogP contribution in [0.1, 0.15) is 25.7 Å². The van der Waals surface area contributed by atoms with E-state index in [2.05, 4.69) is 24.8 Å². The lowest BCUT2D eigenvalue weighted by Gasteiger charge is -2.29. The molecule has 2 aliphatic heterocycles. The van der Waals surface area contributed by atoms with Crippen molar-refractivity contribution in [3.05, 3.63) is 0 Å². The fourth-order valence-corrected chi connectivity index (χ4v) is 3.90. The second kappa shape index (κ2) is 8.84. The van der Waals surface area contributed by atoms with E-state index in [0.29, 0.717) is 19.0 Å². The first-order valence-corrected chi connectivity index (χ1v) is 10.5. The van der Waals surface area contributed by atoms with Crippen molar-refractivity contribution in [2.24, 2.45) is 10.9 Å². The molecule has 1 unspecified atom stereocenters. The summed E-state index contributed by atoms with van der Waals surface area (Å²) >= 11 is 0. The van der Waals surface area contributed by atoms with Crippen molar-refractivity contribution in [3.63, 3.8) is 0 Å². The van der Waals surface area contributed by atoms with Gasteiger partial charge in [0, 0.05) is 39.8 Å². The van der Waals surface area contributed by atoms with Crippen LogP contribution in [0.2, 0.25) is 0 Å². The molecule has 7 nitrogen and oxygen atoms in total. The summed E-state index contributed by atoms with van der Waals surface area (Å²) in [7, 11) is -1.34.